The van der Waals surface area contributed by atoms with Gasteiger partial charge in [-0.2, -0.15) is 0 Å². The molecule has 1 saturated carbocycles. The summed E-state index contributed by atoms with van der Waals surface area (Å²) in [6.07, 6.45) is 5.60. The van der Waals surface area contributed by atoms with Gasteiger partial charge in [-0.3, -0.25) is 0 Å². The van der Waals surface area contributed by atoms with Gasteiger partial charge >= 0.3 is 0 Å². The van der Waals surface area contributed by atoms with Gasteiger partial charge in [-0.25, -0.2) is 9.97 Å². The van der Waals surface area contributed by atoms with E-state index >= 15 is 0 Å². The summed E-state index contributed by atoms with van der Waals surface area (Å²) in [5, 5.41) is 9.86. The number of aryl methyl sites for hydroxylation is 1. The number of aromatic nitrogens is 2. The van der Waals surface area contributed by atoms with Gasteiger partial charge in [0, 0.05) is 49.5 Å². The van der Waals surface area contributed by atoms with Crippen LogP contribution in [0.2, 0.25) is 0 Å². The molecule has 1 saturated heterocycles. The van der Waals surface area contributed by atoms with Gasteiger partial charge in [0.05, 0.1) is 6.61 Å². The Balaban J connectivity index is 1.76. The van der Waals surface area contributed by atoms with Gasteiger partial charge in [0.1, 0.15) is 0 Å². The summed E-state index contributed by atoms with van der Waals surface area (Å²) in [5.74, 6) is 1.41. The fourth-order valence-electron chi connectivity index (χ4n) is 3.41. The average Bonchev–Trinajstić information content (AvgIpc) is 2.46. The first kappa shape index (κ1) is 15.7. The topological polar surface area (TPSA) is 58.5 Å². The van der Waals surface area contributed by atoms with Crippen LogP contribution in [0.4, 0.5) is 5.95 Å². The third-order valence-corrected chi connectivity index (χ3v) is 5.19. The molecule has 122 valence electrons. The van der Waals surface area contributed by atoms with Crippen LogP contribution in [0.5, 0.6) is 0 Å². The van der Waals surface area contributed by atoms with Crippen LogP contribution in [-0.4, -0.2) is 48.5 Å². The van der Waals surface area contributed by atoms with Crippen molar-refractivity contribution in [3.63, 3.8) is 0 Å². The van der Waals surface area contributed by atoms with Crippen LogP contribution in [0.15, 0.2) is 6.07 Å². The van der Waals surface area contributed by atoms with Gasteiger partial charge in [-0.1, -0.05) is 6.42 Å². The van der Waals surface area contributed by atoms with E-state index in [1.54, 1.807) is 0 Å². The first-order chi connectivity index (χ1) is 10.6. The monoisotopic (exact) mass is 305 g/mol. The lowest BCUT2D eigenvalue weighted by atomic mass is 9.80. The number of ether oxygens (including phenoxy) is 1. The van der Waals surface area contributed by atoms with Crippen molar-refractivity contribution in [3.05, 3.63) is 17.5 Å². The van der Waals surface area contributed by atoms with E-state index in [1.807, 2.05) is 14.0 Å². The number of rotatable bonds is 5. The van der Waals surface area contributed by atoms with E-state index in [-0.39, 0.29) is 12.0 Å². The summed E-state index contributed by atoms with van der Waals surface area (Å²) in [6, 6.07) is 2.12. The third kappa shape index (κ3) is 3.25. The molecule has 22 heavy (non-hydrogen) atoms. The van der Waals surface area contributed by atoms with E-state index < -0.39 is 0 Å². The second-order valence-corrected chi connectivity index (χ2v) is 6.99. The van der Waals surface area contributed by atoms with E-state index in [0.29, 0.717) is 5.92 Å². The van der Waals surface area contributed by atoms with Crippen LogP contribution in [-0.2, 0) is 4.74 Å². The summed E-state index contributed by atoms with van der Waals surface area (Å²) in [6.45, 7) is 4.48. The Morgan fingerprint density at radius 3 is 2.64 bits per heavy atom. The maximum Gasteiger partial charge on any atom is 0.225 e. The van der Waals surface area contributed by atoms with Gasteiger partial charge in [-0.15, -0.1) is 0 Å². The summed E-state index contributed by atoms with van der Waals surface area (Å²) < 4.78 is 5.44. The molecular formula is C17H27N3O2. The van der Waals surface area contributed by atoms with E-state index in [1.165, 1.54) is 25.0 Å². The zero-order chi connectivity index (χ0) is 15.6. The Morgan fingerprint density at radius 2 is 2.05 bits per heavy atom. The molecule has 3 rings (SSSR count). The van der Waals surface area contributed by atoms with Crippen molar-refractivity contribution < 1.29 is 9.84 Å². The van der Waals surface area contributed by atoms with Crippen LogP contribution in [0.3, 0.4) is 0 Å². The van der Waals surface area contributed by atoms with Crippen molar-refractivity contribution in [2.45, 2.75) is 44.9 Å². The van der Waals surface area contributed by atoms with Crippen molar-refractivity contribution in [2.24, 2.45) is 5.41 Å². The quantitative estimate of drug-likeness (QED) is 0.904. The molecule has 5 heteroatoms. The molecule has 1 N–H and O–H groups in total. The second-order valence-electron chi connectivity index (χ2n) is 6.99. The van der Waals surface area contributed by atoms with Crippen molar-refractivity contribution in [2.75, 3.05) is 38.3 Å². The average molecular weight is 305 g/mol. The first-order valence-corrected chi connectivity index (χ1v) is 8.37. The molecule has 0 aromatic carbocycles. The Kier molecular flexibility index (Phi) is 4.64. The molecule has 0 radical (unpaired) electrons. The molecule has 5 nitrogen and oxygen atoms in total. The predicted molar refractivity (Wildman–Crippen MR) is 86.2 cm³/mol. The second kappa shape index (κ2) is 6.50. The standard InChI is InChI=1S/C17H27N3O2/c1-13-10-15(14-4-3-5-14)19-16(18-13)20(2)11-17(12-21)6-8-22-9-7-17/h10,14,21H,3-9,11-12H2,1-2H3. The predicted octanol–water partition coefficient (Wildman–Crippen LogP) is 2.28. The smallest absolute Gasteiger partial charge is 0.225 e. The SMILES string of the molecule is Cc1cc(C2CCC2)nc(N(C)CC2(CO)CCOCC2)n1. The minimum atomic E-state index is -0.0866. The molecule has 1 aromatic heterocycles. The molecule has 0 bridgehead atoms. The largest absolute Gasteiger partial charge is 0.396 e. The fraction of sp³-hybridized carbons (Fsp3) is 0.765. The minimum absolute atomic E-state index is 0.0866. The summed E-state index contributed by atoms with van der Waals surface area (Å²) >= 11 is 0. The minimum Gasteiger partial charge on any atom is -0.396 e. The Morgan fingerprint density at radius 1 is 1.32 bits per heavy atom. The molecule has 0 amide bonds. The Labute approximate surface area is 132 Å². The molecule has 1 aliphatic carbocycles. The van der Waals surface area contributed by atoms with Gasteiger partial charge in [0.25, 0.3) is 0 Å². The highest BCUT2D eigenvalue weighted by Gasteiger charge is 2.34. The number of hydrogen-bond donors (Lipinski definition) is 1. The molecule has 1 aromatic rings. The Hall–Kier alpha value is -1.20. The number of aliphatic hydroxyl groups excluding tert-OH is 1. The summed E-state index contributed by atoms with van der Waals surface area (Å²) in [5.41, 5.74) is 2.13. The van der Waals surface area contributed by atoms with Gasteiger partial charge in [0.15, 0.2) is 0 Å². The highest BCUT2D eigenvalue weighted by Crippen LogP contribution is 2.36. The molecular weight excluding hydrogens is 278 g/mol. The maximum atomic E-state index is 9.86. The molecule has 0 atom stereocenters. The first-order valence-electron chi connectivity index (χ1n) is 8.37. The van der Waals surface area contributed by atoms with Crippen molar-refractivity contribution in [3.8, 4) is 0 Å². The summed E-state index contributed by atoms with van der Waals surface area (Å²) in [7, 11) is 2.03. The van der Waals surface area contributed by atoms with Gasteiger partial charge in [-0.05, 0) is 38.7 Å². The molecule has 0 unspecified atom stereocenters. The van der Waals surface area contributed by atoms with Gasteiger partial charge < -0.3 is 14.7 Å². The normalized spacial score (nSPS) is 21.4. The van der Waals surface area contributed by atoms with Crippen molar-refractivity contribution in [1.82, 2.24) is 9.97 Å². The Bertz CT molecular complexity index is 511. The van der Waals surface area contributed by atoms with Crippen LogP contribution in [0, 0.1) is 12.3 Å². The number of nitrogens with zero attached hydrogens (tertiary/aromatic N) is 3. The number of hydrogen-bond acceptors (Lipinski definition) is 5. The van der Waals surface area contributed by atoms with Crippen LogP contribution in [0.25, 0.3) is 0 Å². The van der Waals surface area contributed by atoms with E-state index in [0.717, 1.165) is 44.2 Å². The zero-order valence-corrected chi connectivity index (χ0v) is 13.7. The van der Waals surface area contributed by atoms with Crippen LogP contribution >= 0.6 is 0 Å². The zero-order valence-electron chi connectivity index (χ0n) is 13.7. The molecule has 2 aliphatic rings. The van der Waals surface area contributed by atoms with E-state index in [4.69, 9.17) is 9.72 Å². The van der Waals surface area contributed by atoms with E-state index in [2.05, 4.69) is 16.0 Å². The third-order valence-electron chi connectivity index (χ3n) is 5.19. The molecule has 0 spiro atoms. The van der Waals surface area contributed by atoms with Crippen LogP contribution < -0.4 is 4.90 Å². The van der Waals surface area contributed by atoms with Crippen molar-refractivity contribution in [1.29, 1.82) is 0 Å². The summed E-state index contributed by atoms with van der Waals surface area (Å²) in [4.78, 5) is 11.5. The maximum absolute atomic E-state index is 9.86. The highest BCUT2D eigenvalue weighted by molar-refractivity contribution is 5.33. The van der Waals surface area contributed by atoms with Crippen molar-refractivity contribution >= 4 is 5.95 Å². The van der Waals surface area contributed by atoms with E-state index in [9.17, 15) is 5.11 Å². The molecule has 2 fully saturated rings. The number of aliphatic hydroxyl groups is 1. The molecule has 1 aliphatic heterocycles. The lowest BCUT2D eigenvalue weighted by Crippen LogP contribution is -2.43. The highest BCUT2D eigenvalue weighted by atomic mass is 16.5. The van der Waals surface area contributed by atoms with Gasteiger partial charge in [0.2, 0.25) is 5.95 Å². The fourth-order valence-corrected chi connectivity index (χ4v) is 3.41. The number of anilines is 1. The lowest BCUT2D eigenvalue weighted by Gasteiger charge is -2.38. The molecule has 2 heterocycles. The van der Waals surface area contributed by atoms with Crippen LogP contribution in [0.1, 0.15) is 49.4 Å². The lowest BCUT2D eigenvalue weighted by molar-refractivity contribution is -0.0114.